The van der Waals surface area contributed by atoms with Gasteiger partial charge in [0, 0.05) is 22.1 Å². The van der Waals surface area contributed by atoms with E-state index in [-0.39, 0.29) is 6.04 Å². The molecular formula is C17H15N3S2. The molecule has 110 valence electrons. The number of thiocarbonyl (C=S) groups is 1. The van der Waals surface area contributed by atoms with E-state index in [4.69, 9.17) is 23.1 Å². The van der Waals surface area contributed by atoms with Gasteiger partial charge in [-0.2, -0.15) is 5.10 Å². The lowest BCUT2D eigenvalue weighted by atomic mass is 9.88. The van der Waals surface area contributed by atoms with Crippen molar-refractivity contribution in [3.8, 4) is 0 Å². The van der Waals surface area contributed by atoms with Crippen LogP contribution in [0.4, 0.5) is 0 Å². The minimum Gasteiger partial charge on any atom is -0.375 e. The van der Waals surface area contributed by atoms with E-state index < -0.39 is 0 Å². The molecule has 2 N–H and O–H groups in total. The van der Waals surface area contributed by atoms with Crippen LogP contribution in [0.3, 0.4) is 0 Å². The summed E-state index contributed by atoms with van der Waals surface area (Å²) < 4.78 is 0. The zero-order chi connectivity index (χ0) is 15.1. The summed E-state index contributed by atoms with van der Waals surface area (Å²) in [6, 6.07) is 18.9. The Hall–Kier alpha value is -1.85. The van der Waals surface area contributed by atoms with Crippen LogP contribution in [0.15, 0.2) is 64.6 Å². The first kappa shape index (κ1) is 13.8. The van der Waals surface area contributed by atoms with E-state index in [9.17, 15) is 0 Å². The predicted octanol–water partition coefficient (Wildman–Crippen LogP) is 3.41. The summed E-state index contributed by atoms with van der Waals surface area (Å²) >= 11 is 7.13. The van der Waals surface area contributed by atoms with Crippen LogP contribution in [0.25, 0.3) is 0 Å². The lowest BCUT2D eigenvalue weighted by Crippen LogP contribution is -2.35. The fourth-order valence-electron chi connectivity index (χ4n) is 3.19. The zero-order valence-corrected chi connectivity index (χ0v) is 13.5. The monoisotopic (exact) mass is 325 g/mol. The Labute approximate surface area is 139 Å². The second-order valence-electron chi connectivity index (χ2n) is 5.44. The number of nitrogens with two attached hydrogens (primary N) is 1. The van der Waals surface area contributed by atoms with Crippen molar-refractivity contribution in [3.63, 3.8) is 0 Å². The number of hydrogen-bond acceptors (Lipinski definition) is 3. The van der Waals surface area contributed by atoms with Crippen molar-refractivity contribution >= 4 is 34.8 Å². The maximum Gasteiger partial charge on any atom is 0.187 e. The van der Waals surface area contributed by atoms with Gasteiger partial charge in [0.15, 0.2) is 5.11 Å². The molecule has 2 atom stereocenters. The normalized spacial score (nSPS) is 22.7. The largest absolute Gasteiger partial charge is 0.375 e. The van der Waals surface area contributed by atoms with Crippen LogP contribution in [0.2, 0.25) is 0 Å². The Morgan fingerprint density at radius 2 is 1.86 bits per heavy atom. The van der Waals surface area contributed by atoms with Crippen LogP contribution in [0, 0.1) is 5.92 Å². The number of thioether (sulfide) groups is 1. The topological polar surface area (TPSA) is 41.6 Å². The van der Waals surface area contributed by atoms with Crippen LogP contribution < -0.4 is 5.73 Å². The molecule has 0 amide bonds. The highest BCUT2D eigenvalue weighted by atomic mass is 32.2. The van der Waals surface area contributed by atoms with Gasteiger partial charge in [0.05, 0.1) is 11.8 Å². The highest BCUT2D eigenvalue weighted by Gasteiger charge is 2.42. The van der Waals surface area contributed by atoms with Gasteiger partial charge in [-0.1, -0.05) is 48.5 Å². The molecule has 2 heterocycles. The zero-order valence-electron chi connectivity index (χ0n) is 11.8. The van der Waals surface area contributed by atoms with Gasteiger partial charge >= 0.3 is 0 Å². The van der Waals surface area contributed by atoms with Gasteiger partial charge in [-0.05, 0) is 23.8 Å². The van der Waals surface area contributed by atoms with Gasteiger partial charge in [0.25, 0.3) is 0 Å². The third kappa shape index (κ3) is 2.12. The molecule has 0 fully saturated rings. The summed E-state index contributed by atoms with van der Waals surface area (Å²) in [4.78, 5) is 1.29. The lowest BCUT2D eigenvalue weighted by Gasteiger charge is -2.29. The number of nitrogens with zero attached hydrogens (tertiary/aromatic N) is 2. The molecular weight excluding hydrogens is 310 g/mol. The van der Waals surface area contributed by atoms with Gasteiger partial charge in [0.1, 0.15) is 0 Å². The van der Waals surface area contributed by atoms with Gasteiger partial charge in [0.2, 0.25) is 0 Å². The quantitative estimate of drug-likeness (QED) is 0.816. The van der Waals surface area contributed by atoms with Gasteiger partial charge in [-0.25, -0.2) is 5.01 Å². The fourth-order valence-corrected chi connectivity index (χ4v) is 4.55. The van der Waals surface area contributed by atoms with Crippen molar-refractivity contribution in [1.29, 1.82) is 0 Å². The first-order valence-electron chi connectivity index (χ1n) is 7.20. The van der Waals surface area contributed by atoms with Gasteiger partial charge in [-0.15, -0.1) is 11.8 Å². The summed E-state index contributed by atoms with van der Waals surface area (Å²) in [6.07, 6.45) is 0. The molecule has 2 aliphatic rings. The molecule has 0 spiro atoms. The summed E-state index contributed by atoms with van der Waals surface area (Å²) in [5.41, 5.74) is 9.47. The maximum atomic E-state index is 5.94. The Bertz CT molecular complexity index is 758. The van der Waals surface area contributed by atoms with Crippen molar-refractivity contribution in [1.82, 2.24) is 5.01 Å². The molecule has 4 rings (SSSR count). The second kappa shape index (κ2) is 5.41. The van der Waals surface area contributed by atoms with Crippen LogP contribution >= 0.6 is 24.0 Å². The van der Waals surface area contributed by atoms with E-state index in [0.29, 0.717) is 11.0 Å². The van der Waals surface area contributed by atoms with E-state index in [0.717, 1.165) is 11.5 Å². The highest BCUT2D eigenvalue weighted by Crippen LogP contribution is 2.45. The van der Waals surface area contributed by atoms with Crippen molar-refractivity contribution in [2.75, 3.05) is 5.75 Å². The van der Waals surface area contributed by atoms with Crippen LogP contribution in [0.1, 0.15) is 17.2 Å². The molecule has 0 bridgehead atoms. The number of hydrazone groups is 1. The average molecular weight is 325 g/mol. The molecule has 22 heavy (non-hydrogen) atoms. The number of rotatable bonds is 1. The molecule has 0 aliphatic carbocycles. The molecule has 3 nitrogen and oxygen atoms in total. The van der Waals surface area contributed by atoms with Crippen LogP contribution in [-0.2, 0) is 0 Å². The van der Waals surface area contributed by atoms with E-state index in [2.05, 4.69) is 48.5 Å². The molecule has 0 saturated carbocycles. The number of hydrogen-bond donors (Lipinski definition) is 1. The Balaban J connectivity index is 1.82. The van der Waals surface area contributed by atoms with Crippen LogP contribution in [-0.4, -0.2) is 21.6 Å². The number of benzene rings is 2. The molecule has 0 unspecified atom stereocenters. The van der Waals surface area contributed by atoms with E-state index in [1.54, 1.807) is 0 Å². The standard InChI is InChI=1S/C17H15N3S2/c18-17(21)20-16(11-6-2-1-3-7-11)13-10-22-14-9-5-4-8-12(14)15(13)19-20/h1-9,13,16H,10H2,(H2,18,21)/t13-,16-/m1/s1. The summed E-state index contributed by atoms with van der Waals surface area (Å²) in [7, 11) is 0. The van der Waals surface area contributed by atoms with E-state index in [1.165, 1.54) is 16.0 Å². The fraction of sp³-hybridized carbons (Fsp3) is 0.176. The minimum atomic E-state index is 0.0922. The van der Waals surface area contributed by atoms with Crippen LogP contribution in [0.5, 0.6) is 0 Å². The molecule has 2 aromatic carbocycles. The SMILES string of the molecule is NC(=S)N1N=C2c3ccccc3SC[C@H]2[C@H]1c1ccccc1. The minimum absolute atomic E-state index is 0.0922. The van der Waals surface area contributed by atoms with Crippen molar-refractivity contribution in [2.24, 2.45) is 16.8 Å². The maximum absolute atomic E-state index is 5.94. The first-order valence-corrected chi connectivity index (χ1v) is 8.59. The van der Waals surface area contributed by atoms with Crippen molar-refractivity contribution < 1.29 is 0 Å². The average Bonchev–Trinajstić information content (AvgIpc) is 2.96. The Kier molecular flexibility index (Phi) is 3.39. The lowest BCUT2D eigenvalue weighted by molar-refractivity contribution is 0.331. The molecule has 2 aliphatic heterocycles. The van der Waals surface area contributed by atoms with Crippen molar-refractivity contribution in [3.05, 3.63) is 65.7 Å². The molecule has 0 radical (unpaired) electrons. The second-order valence-corrected chi connectivity index (χ2v) is 6.92. The third-order valence-corrected chi connectivity index (χ3v) is 5.54. The van der Waals surface area contributed by atoms with Crippen molar-refractivity contribution in [2.45, 2.75) is 10.9 Å². The molecule has 0 saturated heterocycles. The van der Waals surface area contributed by atoms with Gasteiger partial charge in [-0.3, -0.25) is 0 Å². The highest BCUT2D eigenvalue weighted by molar-refractivity contribution is 7.99. The predicted molar refractivity (Wildman–Crippen MR) is 95.0 cm³/mol. The first-order chi connectivity index (χ1) is 10.8. The molecule has 0 aromatic heterocycles. The summed E-state index contributed by atoms with van der Waals surface area (Å²) in [5.74, 6) is 1.30. The third-order valence-electron chi connectivity index (χ3n) is 4.16. The summed E-state index contributed by atoms with van der Waals surface area (Å²) in [5, 5.41) is 6.92. The smallest absolute Gasteiger partial charge is 0.187 e. The Morgan fingerprint density at radius 1 is 1.14 bits per heavy atom. The van der Waals surface area contributed by atoms with E-state index in [1.807, 2.05) is 22.8 Å². The molecule has 5 heteroatoms. The summed E-state index contributed by atoms with van der Waals surface area (Å²) in [6.45, 7) is 0. The Morgan fingerprint density at radius 3 is 2.64 bits per heavy atom. The van der Waals surface area contributed by atoms with Gasteiger partial charge < -0.3 is 5.73 Å². The molecule has 2 aromatic rings. The number of fused-ring (bicyclic) bond motifs is 3. The van der Waals surface area contributed by atoms with E-state index >= 15 is 0 Å².